The highest BCUT2D eigenvalue weighted by molar-refractivity contribution is 5.94. The zero-order valence-electron chi connectivity index (χ0n) is 12.6. The molecule has 0 spiro atoms. The van der Waals surface area contributed by atoms with Gasteiger partial charge in [0.1, 0.15) is 5.52 Å². The molecule has 1 unspecified atom stereocenters. The van der Waals surface area contributed by atoms with Gasteiger partial charge in [0.25, 0.3) is 5.91 Å². The van der Waals surface area contributed by atoms with Gasteiger partial charge in [0, 0.05) is 24.9 Å². The summed E-state index contributed by atoms with van der Waals surface area (Å²) in [5.41, 5.74) is 2.80. The average molecular weight is 310 g/mol. The highest BCUT2D eigenvalue weighted by atomic mass is 19.1. The number of rotatable bonds is 1. The molecule has 4 rings (SSSR count). The number of carbonyl (C=O) groups excluding carboxylic acids is 1. The zero-order valence-corrected chi connectivity index (χ0v) is 12.6. The SMILES string of the molecule is CC1c2cccnc2CCN1C(=O)c1nc2c(F)cccc2[nH]1. The summed E-state index contributed by atoms with van der Waals surface area (Å²) in [6.45, 7) is 2.55. The summed E-state index contributed by atoms with van der Waals surface area (Å²) in [6.07, 6.45) is 2.48. The first kappa shape index (κ1) is 13.9. The van der Waals surface area contributed by atoms with Crippen LogP contribution in [0.15, 0.2) is 36.5 Å². The molecule has 1 aromatic carbocycles. The molecule has 0 radical (unpaired) electrons. The lowest BCUT2D eigenvalue weighted by Gasteiger charge is -2.34. The summed E-state index contributed by atoms with van der Waals surface area (Å²) in [7, 11) is 0. The summed E-state index contributed by atoms with van der Waals surface area (Å²) in [4.78, 5) is 26.0. The number of nitrogens with zero attached hydrogens (tertiary/aromatic N) is 3. The number of para-hydroxylation sites is 1. The Morgan fingerprint density at radius 2 is 2.22 bits per heavy atom. The van der Waals surface area contributed by atoms with Crippen molar-refractivity contribution >= 4 is 16.9 Å². The van der Waals surface area contributed by atoms with E-state index in [1.807, 2.05) is 19.1 Å². The van der Waals surface area contributed by atoms with Crippen molar-refractivity contribution in [1.82, 2.24) is 19.9 Å². The summed E-state index contributed by atoms with van der Waals surface area (Å²) < 4.78 is 13.8. The Bertz CT molecular complexity index is 904. The fraction of sp³-hybridized carbons (Fsp3) is 0.235. The zero-order chi connectivity index (χ0) is 16.0. The third-order valence-corrected chi connectivity index (χ3v) is 4.36. The Morgan fingerprint density at radius 1 is 1.35 bits per heavy atom. The minimum absolute atomic E-state index is 0.0852. The smallest absolute Gasteiger partial charge is 0.290 e. The molecule has 0 saturated carbocycles. The van der Waals surface area contributed by atoms with Crippen molar-refractivity contribution in [3.8, 4) is 0 Å². The molecule has 1 amide bonds. The summed E-state index contributed by atoms with van der Waals surface area (Å²) >= 11 is 0. The van der Waals surface area contributed by atoms with Crippen LogP contribution < -0.4 is 0 Å². The maximum Gasteiger partial charge on any atom is 0.290 e. The van der Waals surface area contributed by atoms with Gasteiger partial charge in [0.15, 0.2) is 11.6 Å². The van der Waals surface area contributed by atoms with E-state index in [2.05, 4.69) is 15.0 Å². The number of benzene rings is 1. The lowest BCUT2D eigenvalue weighted by atomic mass is 9.98. The molecule has 0 bridgehead atoms. The Morgan fingerprint density at radius 3 is 3.04 bits per heavy atom. The van der Waals surface area contributed by atoms with E-state index in [0.717, 1.165) is 11.3 Å². The number of imidazole rings is 1. The lowest BCUT2D eigenvalue weighted by Crippen LogP contribution is -2.39. The predicted molar refractivity (Wildman–Crippen MR) is 83.4 cm³/mol. The predicted octanol–water partition coefficient (Wildman–Crippen LogP) is 2.86. The van der Waals surface area contributed by atoms with Gasteiger partial charge in [-0.1, -0.05) is 12.1 Å². The van der Waals surface area contributed by atoms with Crippen molar-refractivity contribution in [2.24, 2.45) is 0 Å². The number of H-pyrrole nitrogens is 1. The van der Waals surface area contributed by atoms with Crippen LogP contribution in [0.3, 0.4) is 0 Å². The van der Waals surface area contributed by atoms with Gasteiger partial charge in [-0.3, -0.25) is 9.78 Å². The number of nitrogens with one attached hydrogen (secondary N) is 1. The number of aromatic nitrogens is 3. The molecule has 3 heterocycles. The lowest BCUT2D eigenvalue weighted by molar-refractivity contribution is 0.0665. The van der Waals surface area contributed by atoms with Crippen molar-refractivity contribution in [2.75, 3.05) is 6.54 Å². The fourth-order valence-corrected chi connectivity index (χ4v) is 3.14. The van der Waals surface area contributed by atoms with Crippen molar-refractivity contribution < 1.29 is 9.18 Å². The number of amides is 1. The molecule has 1 atom stereocenters. The van der Waals surface area contributed by atoms with E-state index < -0.39 is 5.82 Å². The molecule has 6 heteroatoms. The topological polar surface area (TPSA) is 61.9 Å². The molecule has 0 saturated heterocycles. The summed E-state index contributed by atoms with van der Waals surface area (Å²) in [5, 5.41) is 0. The highest BCUT2D eigenvalue weighted by Gasteiger charge is 2.30. The highest BCUT2D eigenvalue weighted by Crippen LogP contribution is 2.29. The molecule has 1 N–H and O–H groups in total. The number of fused-ring (bicyclic) bond motifs is 2. The number of carbonyl (C=O) groups is 1. The van der Waals surface area contributed by atoms with Crippen molar-refractivity contribution in [3.05, 3.63) is 59.4 Å². The second-order valence-electron chi connectivity index (χ2n) is 5.69. The van der Waals surface area contributed by atoms with Gasteiger partial charge in [-0.15, -0.1) is 0 Å². The molecule has 0 aliphatic carbocycles. The minimum Gasteiger partial charge on any atom is -0.334 e. The summed E-state index contributed by atoms with van der Waals surface area (Å²) in [6, 6.07) is 8.42. The van der Waals surface area contributed by atoms with E-state index >= 15 is 0 Å². The number of aromatic amines is 1. The third-order valence-electron chi connectivity index (χ3n) is 4.36. The third kappa shape index (κ3) is 2.18. The van der Waals surface area contributed by atoms with Gasteiger partial charge >= 0.3 is 0 Å². The van der Waals surface area contributed by atoms with Crippen LogP contribution in [-0.4, -0.2) is 32.3 Å². The van der Waals surface area contributed by atoms with Gasteiger partial charge < -0.3 is 9.88 Å². The van der Waals surface area contributed by atoms with Crippen LogP contribution >= 0.6 is 0 Å². The standard InChI is InChI=1S/C17H15FN4O/c1-10-11-4-3-8-19-13(11)7-9-22(10)17(23)16-20-14-6-2-5-12(18)15(14)21-16/h2-6,8,10H,7,9H2,1H3,(H,20,21). The monoisotopic (exact) mass is 310 g/mol. The molecule has 5 nitrogen and oxygen atoms in total. The van der Waals surface area contributed by atoms with Gasteiger partial charge in [-0.2, -0.15) is 0 Å². The molecular weight excluding hydrogens is 295 g/mol. The largest absolute Gasteiger partial charge is 0.334 e. The van der Waals surface area contributed by atoms with Crippen LogP contribution in [0.1, 0.15) is 34.8 Å². The van der Waals surface area contributed by atoms with Gasteiger partial charge in [0.05, 0.1) is 11.6 Å². The van der Waals surface area contributed by atoms with Gasteiger partial charge in [-0.25, -0.2) is 9.37 Å². The van der Waals surface area contributed by atoms with Gasteiger partial charge in [-0.05, 0) is 30.7 Å². The van der Waals surface area contributed by atoms with E-state index in [0.29, 0.717) is 18.5 Å². The molecule has 0 fully saturated rings. The van der Waals surface area contributed by atoms with Crippen LogP contribution in [0.2, 0.25) is 0 Å². The molecular formula is C17H15FN4O. The van der Waals surface area contributed by atoms with E-state index in [-0.39, 0.29) is 23.3 Å². The first-order chi connectivity index (χ1) is 11.1. The number of pyridine rings is 1. The molecule has 2 aromatic heterocycles. The second kappa shape index (κ2) is 5.15. The maximum atomic E-state index is 13.8. The minimum atomic E-state index is -0.431. The van der Waals surface area contributed by atoms with E-state index in [1.165, 1.54) is 6.07 Å². The van der Waals surface area contributed by atoms with E-state index in [9.17, 15) is 9.18 Å². The molecule has 1 aliphatic heterocycles. The fourth-order valence-electron chi connectivity index (χ4n) is 3.14. The molecule has 23 heavy (non-hydrogen) atoms. The number of hydrogen-bond acceptors (Lipinski definition) is 3. The normalized spacial score (nSPS) is 17.3. The Balaban J connectivity index is 1.70. The van der Waals surface area contributed by atoms with Gasteiger partial charge in [0.2, 0.25) is 0 Å². The summed E-state index contributed by atoms with van der Waals surface area (Å²) in [5.74, 6) is -0.481. The van der Waals surface area contributed by atoms with E-state index in [4.69, 9.17) is 0 Å². The molecule has 3 aromatic rings. The number of hydrogen-bond donors (Lipinski definition) is 1. The quantitative estimate of drug-likeness (QED) is 0.752. The van der Waals surface area contributed by atoms with Crippen LogP contribution in [0.4, 0.5) is 4.39 Å². The van der Waals surface area contributed by atoms with Crippen molar-refractivity contribution in [1.29, 1.82) is 0 Å². The first-order valence-corrected chi connectivity index (χ1v) is 7.54. The maximum absolute atomic E-state index is 13.8. The first-order valence-electron chi connectivity index (χ1n) is 7.54. The van der Waals surface area contributed by atoms with E-state index in [1.54, 1.807) is 23.2 Å². The Hall–Kier alpha value is -2.76. The Labute approximate surface area is 132 Å². The molecule has 116 valence electrons. The van der Waals surface area contributed by atoms with Crippen LogP contribution in [-0.2, 0) is 6.42 Å². The second-order valence-corrected chi connectivity index (χ2v) is 5.69. The number of halogens is 1. The van der Waals surface area contributed by atoms with Crippen LogP contribution in [0.25, 0.3) is 11.0 Å². The van der Waals surface area contributed by atoms with Crippen LogP contribution in [0, 0.1) is 5.82 Å². The Kier molecular flexibility index (Phi) is 3.11. The average Bonchev–Trinajstić information content (AvgIpc) is 3.01. The van der Waals surface area contributed by atoms with Crippen molar-refractivity contribution in [2.45, 2.75) is 19.4 Å². The van der Waals surface area contributed by atoms with Crippen molar-refractivity contribution in [3.63, 3.8) is 0 Å². The molecule has 1 aliphatic rings. The van der Waals surface area contributed by atoms with Crippen LogP contribution in [0.5, 0.6) is 0 Å².